The van der Waals surface area contributed by atoms with Gasteiger partial charge in [-0.3, -0.25) is 9.69 Å². The van der Waals surface area contributed by atoms with Gasteiger partial charge in [0.15, 0.2) is 0 Å². The lowest BCUT2D eigenvalue weighted by molar-refractivity contribution is 0.0182. The van der Waals surface area contributed by atoms with E-state index in [0.29, 0.717) is 24.3 Å². The number of nitrogens with zero attached hydrogens (tertiary/aromatic N) is 1. The van der Waals surface area contributed by atoms with Gasteiger partial charge in [0.2, 0.25) is 0 Å². The van der Waals surface area contributed by atoms with Crippen LogP contribution in [-0.4, -0.2) is 57.6 Å². The van der Waals surface area contributed by atoms with Crippen molar-refractivity contribution in [3.8, 4) is 5.75 Å². The molecule has 0 radical (unpaired) electrons. The van der Waals surface area contributed by atoms with E-state index in [1.54, 1.807) is 6.07 Å². The monoisotopic (exact) mass is 439 g/mol. The molecule has 6 nitrogen and oxygen atoms in total. The van der Waals surface area contributed by atoms with Crippen LogP contribution in [0.3, 0.4) is 0 Å². The van der Waals surface area contributed by atoms with Crippen LogP contribution < -0.4 is 16.2 Å². The minimum absolute atomic E-state index is 0.0381. The number of amides is 1. The molecule has 0 saturated carbocycles. The SMILES string of the molecule is CC(C)(O)CN1CCC(N)(CC2CCc3cccc(C(N)=O)c3O2)C(Br)C1. The van der Waals surface area contributed by atoms with E-state index in [-0.39, 0.29) is 16.5 Å². The smallest absolute Gasteiger partial charge is 0.252 e. The van der Waals surface area contributed by atoms with E-state index in [0.717, 1.165) is 37.9 Å². The van der Waals surface area contributed by atoms with E-state index in [1.165, 1.54) is 0 Å². The summed E-state index contributed by atoms with van der Waals surface area (Å²) >= 11 is 3.78. The van der Waals surface area contributed by atoms with Crippen LogP contribution in [0.5, 0.6) is 5.75 Å². The third-order valence-electron chi connectivity index (χ3n) is 5.54. The first-order chi connectivity index (χ1) is 12.6. The molecule has 150 valence electrons. The third-order valence-corrected chi connectivity index (χ3v) is 6.74. The van der Waals surface area contributed by atoms with Gasteiger partial charge in [-0.15, -0.1) is 0 Å². The normalized spacial score (nSPS) is 29.1. The second kappa shape index (κ2) is 7.70. The summed E-state index contributed by atoms with van der Waals surface area (Å²) in [5, 5.41) is 10.1. The molecule has 0 spiro atoms. The second-order valence-electron chi connectivity index (χ2n) is 8.64. The number of carbonyl (C=O) groups is 1. The summed E-state index contributed by atoms with van der Waals surface area (Å²) < 4.78 is 6.19. The Bertz CT molecular complexity index is 706. The maximum absolute atomic E-state index is 11.7. The van der Waals surface area contributed by atoms with E-state index in [1.807, 2.05) is 26.0 Å². The average Bonchev–Trinajstić information content (AvgIpc) is 2.56. The number of aryl methyl sites for hydroxylation is 1. The van der Waals surface area contributed by atoms with Gasteiger partial charge in [0.1, 0.15) is 11.9 Å². The molecule has 5 N–H and O–H groups in total. The van der Waals surface area contributed by atoms with Crippen molar-refractivity contribution in [2.75, 3.05) is 19.6 Å². The van der Waals surface area contributed by atoms with Gasteiger partial charge in [0.05, 0.1) is 11.2 Å². The Hall–Kier alpha value is -1.15. The first kappa shape index (κ1) is 20.6. The Balaban J connectivity index is 1.67. The Morgan fingerprint density at radius 3 is 2.85 bits per heavy atom. The summed E-state index contributed by atoms with van der Waals surface area (Å²) in [5.41, 5.74) is 12.6. The number of hydrogen-bond donors (Lipinski definition) is 3. The number of carbonyl (C=O) groups excluding carboxylic acids is 1. The molecule has 2 heterocycles. The zero-order valence-electron chi connectivity index (χ0n) is 16.1. The standard InChI is InChI=1S/C20H30BrN3O3/c1-19(2,26)12-24-9-8-20(23,16(21)11-24)10-14-7-6-13-4-3-5-15(18(22)25)17(13)27-14/h3-5,14,16,26H,6-12,23H2,1-2H3,(H2,22,25). The molecule has 0 aliphatic carbocycles. The number of ether oxygens (including phenoxy) is 1. The zero-order chi connectivity index (χ0) is 19.8. The van der Waals surface area contributed by atoms with Crippen LogP contribution in [0.1, 0.15) is 49.0 Å². The van der Waals surface area contributed by atoms with Crippen LogP contribution in [0.4, 0.5) is 0 Å². The highest BCUT2D eigenvalue weighted by Crippen LogP contribution is 2.37. The number of primary amides is 1. The molecule has 3 rings (SSSR count). The Morgan fingerprint density at radius 2 is 2.22 bits per heavy atom. The van der Waals surface area contributed by atoms with E-state index in [9.17, 15) is 9.90 Å². The van der Waals surface area contributed by atoms with Crippen LogP contribution in [0.2, 0.25) is 0 Å². The fourth-order valence-electron chi connectivity index (χ4n) is 4.17. The molecule has 2 aliphatic rings. The third kappa shape index (κ3) is 4.83. The van der Waals surface area contributed by atoms with Crippen molar-refractivity contribution in [1.82, 2.24) is 4.90 Å². The predicted molar refractivity (Wildman–Crippen MR) is 109 cm³/mol. The van der Waals surface area contributed by atoms with Crippen LogP contribution in [-0.2, 0) is 6.42 Å². The number of β-amino-alcohol motifs (C(OH)–C–C–N with tert-alkyl or cyclic N) is 1. The molecule has 1 aromatic rings. The van der Waals surface area contributed by atoms with Crippen molar-refractivity contribution < 1.29 is 14.6 Å². The number of alkyl halides is 1. The highest BCUT2D eigenvalue weighted by Gasteiger charge is 2.42. The maximum Gasteiger partial charge on any atom is 0.252 e. The van der Waals surface area contributed by atoms with Gasteiger partial charge in [-0.05, 0) is 44.7 Å². The van der Waals surface area contributed by atoms with Crippen molar-refractivity contribution in [2.45, 2.75) is 61.6 Å². The largest absolute Gasteiger partial charge is 0.489 e. The number of hydrogen-bond acceptors (Lipinski definition) is 5. The summed E-state index contributed by atoms with van der Waals surface area (Å²) in [5.74, 6) is 0.156. The van der Waals surface area contributed by atoms with Gasteiger partial charge in [0, 0.05) is 36.4 Å². The first-order valence-corrected chi connectivity index (χ1v) is 10.4. The number of rotatable bonds is 5. The average molecular weight is 440 g/mol. The number of benzene rings is 1. The molecule has 0 aromatic heterocycles. The Kier molecular flexibility index (Phi) is 5.87. The summed E-state index contributed by atoms with van der Waals surface area (Å²) in [6, 6.07) is 5.54. The second-order valence-corrected chi connectivity index (χ2v) is 9.74. The number of piperidine rings is 1. The zero-order valence-corrected chi connectivity index (χ0v) is 17.7. The minimum atomic E-state index is -0.720. The van der Waals surface area contributed by atoms with Crippen molar-refractivity contribution >= 4 is 21.8 Å². The molecule has 1 saturated heterocycles. The summed E-state index contributed by atoms with van der Waals surface area (Å²) in [6.45, 7) is 5.91. The van der Waals surface area contributed by atoms with Gasteiger partial charge in [-0.1, -0.05) is 28.1 Å². The van der Waals surface area contributed by atoms with Gasteiger partial charge < -0.3 is 21.3 Å². The van der Waals surface area contributed by atoms with E-state index >= 15 is 0 Å². The lowest BCUT2D eigenvalue weighted by Crippen LogP contribution is -2.61. The van der Waals surface area contributed by atoms with Gasteiger partial charge >= 0.3 is 0 Å². The van der Waals surface area contributed by atoms with E-state index in [4.69, 9.17) is 16.2 Å². The molecule has 7 heteroatoms. The Labute approximate surface area is 169 Å². The number of aliphatic hydroxyl groups is 1. The number of para-hydroxylation sites is 1. The number of fused-ring (bicyclic) bond motifs is 1. The van der Waals surface area contributed by atoms with Crippen molar-refractivity contribution in [3.63, 3.8) is 0 Å². The van der Waals surface area contributed by atoms with E-state index < -0.39 is 11.5 Å². The molecule has 27 heavy (non-hydrogen) atoms. The van der Waals surface area contributed by atoms with Crippen LogP contribution in [0.15, 0.2) is 18.2 Å². The fraction of sp³-hybridized carbons (Fsp3) is 0.650. The van der Waals surface area contributed by atoms with Gasteiger partial charge in [0.25, 0.3) is 5.91 Å². The van der Waals surface area contributed by atoms with Crippen molar-refractivity contribution in [3.05, 3.63) is 29.3 Å². The molecule has 1 amide bonds. The number of halogens is 1. The van der Waals surface area contributed by atoms with Crippen molar-refractivity contribution in [1.29, 1.82) is 0 Å². The molecule has 3 atom stereocenters. The lowest BCUT2D eigenvalue weighted by atomic mass is 9.81. The molecular weight excluding hydrogens is 410 g/mol. The molecule has 1 aromatic carbocycles. The highest BCUT2D eigenvalue weighted by atomic mass is 79.9. The quantitative estimate of drug-likeness (QED) is 0.607. The molecule has 3 unspecified atom stereocenters. The van der Waals surface area contributed by atoms with Crippen LogP contribution >= 0.6 is 15.9 Å². The minimum Gasteiger partial charge on any atom is -0.489 e. The van der Waals surface area contributed by atoms with Crippen LogP contribution in [0.25, 0.3) is 0 Å². The number of nitrogens with two attached hydrogens (primary N) is 2. The van der Waals surface area contributed by atoms with E-state index in [2.05, 4.69) is 20.8 Å². The highest BCUT2D eigenvalue weighted by molar-refractivity contribution is 9.09. The van der Waals surface area contributed by atoms with Gasteiger partial charge in [-0.25, -0.2) is 0 Å². The van der Waals surface area contributed by atoms with Crippen molar-refractivity contribution in [2.24, 2.45) is 11.5 Å². The lowest BCUT2D eigenvalue weighted by Gasteiger charge is -2.46. The fourth-order valence-corrected chi connectivity index (χ4v) is 4.99. The first-order valence-electron chi connectivity index (χ1n) is 9.53. The molecule has 1 fully saturated rings. The summed E-state index contributed by atoms with van der Waals surface area (Å²) in [4.78, 5) is 14.1. The molecule has 2 aliphatic heterocycles. The predicted octanol–water partition coefficient (Wildman–Crippen LogP) is 1.81. The number of likely N-dealkylation sites (tertiary alicyclic amines) is 1. The Morgan fingerprint density at radius 1 is 1.48 bits per heavy atom. The molecular formula is C20H30BrN3O3. The molecule has 0 bridgehead atoms. The maximum atomic E-state index is 11.7. The van der Waals surface area contributed by atoms with Gasteiger partial charge in [-0.2, -0.15) is 0 Å². The van der Waals surface area contributed by atoms with Crippen LogP contribution in [0, 0.1) is 0 Å². The summed E-state index contributed by atoms with van der Waals surface area (Å²) in [7, 11) is 0. The topological polar surface area (TPSA) is 102 Å². The summed E-state index contributed by atoms with van der Waals surface area (Å²) in [6.07, 6.45) is 3.23.